The Hall–Kier alpha value is -1.13. The molecule has 1 aromatic heterocycles. The Bertz CT molecular complexity index is 493. The van der Waals surface area contributed by atoms with Crippen LogP contribution in [0.1, 0.15) is 25.7 Å². The molecule has 1 amide bonds. The molecule has 1 saturated heterocycles. The summed E-state index contributed by atoms with van der Waals surface area (Å²) in [6.07, 6.45) is 4.74. The van der Waals surface area contributed by atoms with E-state index in [1.807, 2.05) is 0 Å². The lowest BCUT2D eigenvalue weighted by Crippen LogP contribution is -2.40. The average molecular weight is 280 g/mol. The van der Waals surface area contributed by atoms with E-state index in [4.69, 9.17) is 11.6 Å². The summed E-state index contributed by atoms with van der Waals surface area (Å²) in [4.78, 5) is 18.7. The first kappa shape index (κ1) is 12.9. The van der Waals surface area contributed by atoms with Gasteiger partial charge < -0.3 is 5.32 Å². The molecule has 2 heterocycles. The number of amides is 1. The van der Waals surface area contributed by atoms with Crippen molar-refractivity contribution in [2.24, 2.45) is 5.92 Å². The molecule has 102 valence electrons. The molecule has 3 atom stereocenters. The topological polar surface area (TPSA) is 45.2 Å². The highest BCUT2D eigenvalue weighted by molar-refractivity contribution is 6.29. The van der Waals surface area contributed by atoms with Gasteiger partial charge in [-0.25, -0.2) is 4.98 Å². The van der Waals surface area contributed by atoms with Gasteiger partial charge in [-0.15, -0.1) is 0 Å². The zero-order chi connectivity index (χ0) is 13.4. The Morgan fingerprint density at radius 3 is 3.05 bits per heavy atom. The third kappa shape index (κ3) is 2.47. The first-order chi connectivity index (χ1) is 9.15. The minimum absolute atomic E-state index is 0.0314. The third-order valence-corrected chi connectivity index (χ3v) is 4.64. The van der Waals surface area contributed by atoms with Crippen LogP contribution < -0.4 is 5.32 Å². The van der Waals surface area contributed by atoms with Crippen molar-refractivity contribution in [2.45, 2.75) is 37.8 Å². The van der Waals surface area contributed by atoms with Crippen LogP contribution in [0.25, 0.3) is 0 Å². The summed E-state index contributed by atoms with van der Waals surface area (Å²) in [7, 11) is 2.06. The van der Waals surface area contributed by atoms with E-state index in [1.54, 1.807) is 18.2 Å². The van der Waals surface area contributed by atoms with Gasteiger partial charge in [0.2, 0.25) is 5.91 Å². The highest BCUT2D eigenvalue weighted by Gasteiger charge is 2.44. The second kappa shape index (κ2) is 5.10. The molecule has 1 aromatic rings. The van der Waals surface area contributed by atoms with Gasteiger partial charge in [0.15, 0.2) is 0 Å². The van der Waals surface area contributed by atoms with Crippen molar-refractivity contribution in [1.29, 1.82) is 0 Å². The molecule has 1 aliphatic carbocycles. The summed E-state index contributed by atoms with van der Waals surface area (Å²) in [6.45, 7) is 0. The maximum absolute atomic E-state index is 12.3. The van der Waals surface area contributed by atoms with Crippen LogP contribution in [0.3, 0.4) is 0 Å². The van der Waals surface area contributed by atoms with Gasteiger partial charge in [-0.05, 0) is 44.4 Å². The molecule has 2 fully saturated rings. The number of fused-ring (bicyclic) bond motifs is 1. The van der Waals surface area contributed by atoms with Crippen molar-refractivity contribution in [1.82, 2.24) is 9.88 Å². The Balaban J connectivity index is 1.68. The second-order valence-corrected chi connectivity index (χ2v) is 5.90. The van der Waals surface area contributed by atoms with Crippen LogP contribution in [0.5, 0.6) is 0 Å². The highest BCUT2D eigenvalue weighted by atomic mass is 35.5. The maximum Gasteiger partial charge on any atom is 0.242 e. The molecule has 5 heteroatoms. The van der Waals surface area contributed by atoms with E-state index < -0.39 is 0 Å². The maximum atomic E-state index is 12.3. The number of halogens is 1. The average Bonchev–Trinajstić information content (AvgIpc) is 2.93. The van der Waals surface area contributed by atoms with Gasteiger partial charge in [-0.3, -0.25) is 9.69 Å². The molecule has 1 saturated carbocycles. The van der Waals surface area contributed by atoms with E-state index in [-0.39, 0.29) is 11.9 Å². The number of pyridine rings is 1. The molecule has 0 bridgehead atoms. The van der Waals surface area contributed by atoms with Gasteiger partial charge in [-0.1, -0.05) is 24.1 Å². The molecule has 1 aliphatic heterocycles. The molecule has 1 N–H and O–H groups in total. The molecule has 19 heavy (non-hydrogen) atoms. The number of hydrogen-bond acceptors (Lipinski definition) is 3. The summed E-state index contributed by atoms with van der Waals surface area (Å²) in [5, 5.41) is 3.27. The standard InChI is InChI=1S/C14H18ClN3O/c1-18-10-5-2-4-9(10)8-11(18)14(19)17-13-7-3-6-12(15)16-13/h3,6-7,9-11H,2,4-5,8H2,1H3,(H,16,17,19). The van der Waals surface area contributed by atoms with Gasteiger partial charge >= 0.3 is 0 Å². The van der Waals surface area contributed by atoms with Gasteiger partial charge in [0.25, 0.3) is 0 Å². The van der Waals surface area contributed by atoms with E-state index in [0.29, 0.717) is 22.9 Å². The first-order valence-corrected chi connectivity index (χ1v) is 7.18. The lowest BCUT2D eigenvalue weighted by Gasteiger charge is -2.23. The van der Waals surface area contributed by atoms with Crippen molar-refractivity contribution < 1.29 is 4.79 Å². The lowest BCUT2D eigenvalue weighted by atomic mass is 10.0. The molecule has 3 rings (SSSR count). The Morgan fingerprint density at radius 2 is 2.32 bits per heavy atom. The fraction of sp³-hybridized carbons (Fsp3) is 0.571. The highest BCUT2D eigenvalue weighted by Crippen LogP contribution is 2.40. The summed E-state index contributed by atoms with van der Waals surface area (Å²) in [5.41, 5.74) is 0. The minimum atomic E-state index is -0.0314. The number of likely N-dealkylation sites (tertiary alicyclic amines) is 1. The fourth-order valence-corrected chi connectivity index (χ4v) is 3.66. The molecule has 0 radical (unpaired) electrons. The van der Waals surface area contributed by atoms with E-state index in [2.05, 4.69) is 22.2 Å². The summed E-state index contributed by atoms with van der Waals surface area (Å²) >= 11 is 5.82. The summed E-state index contributed by atoms with van der Waals surface area (Å²) in [6, 6.07) is 5.81. The first-order valence-electron chi connectivity index (χ1n) is 6.80. The van der Waals surface area contributed by atoms with Crippen molar-refractivity contribution in [3.8, 4) is 0 Å². The molecule has 0 aromatic carbocycles. The lowest BCUT2D eigenvalue weighted by molar-refractivity contribution is -0.120. The summed E-state index contributed by atoms with van der Waals surface area (Å²) < 4.78 is 0. The number of likely N-dealkylation sites (N-methyl/N-ethyl adjacent to an activating group) is 1. The monoisotopic (exact) mass is 279 g/mol. The molecule has 3 unspecified atom stereocenters. The number of nitrogens with one attached hydrogen (secondary N) is 1. The number of carbonyl (C=O) groups is 1. The van der Waals surface area contributed by atoms with Gasteiger partial charge in [-0.2, -0.15) is 0 Å². The van der Waals surface area contributed by atoms with Gasteiger partial charge in [0, 0.05) is 6.04 Å². The number of hydrogen-bond donors (Lipinski definition) is 1. The molecule has 2 aliphatic rings. The van der Waals surface area contributed by atoms with Crippen LogP contribution in [-0.4, -0.2) is 34.9 Å². The molecule has 4 nitrogen and oxygen atoms in total. The normalized spacial score (nSPS) is 30.3. The Kier molecular flexibility index (Phi) is 3.46. The second-order valence-electron chi connectivity index (χ2n) is 5.51. The Morgan fingerprint density at radius 1 is 1.47 bits per heavy atom. The van der Waals surface area contributed by atoms with Crippen molar-refractivity contribution >= 4 is 23.3 Å². The van der Waals surface area contributed by atoms with E-state index in [0.717, 1.165) is 6.42 Å². The predicted octanol–water partition coefficient (Wildman–Crippen LogP) is 2.55. The molecular formula is C14H18ClN3O. The Labute approximate surface area is 118 Å². The smallest absolute Gasteiger partial charge is 0.242 e. The van der Waals surface area contributed by atoms with Gasteiger partial charge in [0.05, 0.1) is 6.04 Å². The number of carbonyl (C=O) groups excluding carboxylic acids is 1. The number of anilines is 1. The van der Waals surface area contributed by atoms with E-state index in [1.165, 1.54) is 19.3 Å². The van der Waals surface area contributed by atoms with Gasteiger partial charge in [0.1, 0.15) is 11.0 Å². The fourth-order valence-electron chi connectivity index (χ4n) is 3.49. The third-order valence-electron chi connectivity index (χ3n) is 4.43. The van der Waals surface area contributed by atoms with Crippen molar-refractivity contribution in [3.63, 3.8) is 0 Å². The van der Waals surface area contributed by atoms with E-state index in [9.17, 15) is 4.79 Å². The molecular weight excluding hydrogens is 262 g/mol. The SMILES string of the molecule is CN1C(C(=O)Nc2cccc(Cl)n2)CC2CCCC21. The van der Waals surface area contributed by atoms with E-state index >= 15 is 0 Å². The quantitative estimate of drug-likeness (QED) is 0.846. The van der Waals surface area contributed by atoms with Crippen LogP contribution in [0.4, 0.5) is 5.82 Å². The van der Waals surface area contributed by atoms with Crippen LogP contribution in [0.15, 0.2) is 18.2 Å². The summed E-state index contributed by atoms with van der Waals surface area (Å²) in [5.74, 6) is 1.25. The van der Waals surface area contributed by atoms with Crippen LogP contribution in [-0.2, 0) is 4.79 Å². The predicted molar refractivity (Wildman–Crippen MR) is 75.2 cm³/mol. The number of rotatable bonds is 2. The molecule has 0 spiro atoms. The zero-order valence-corrected chi connectivity index (χ0v) is 11.7. The van der Waals surface area contributed by atoms with Crippen molar-refractivity contribution in [3.05, 3.63) is 23.4 Å². The zero-order valence-electron chi connectivity index (χ0n) is 11.0. The minimum Gasteiger partial charge on any atom is -0.309 e. The van der Waals surface area contributed by atoms with Crippen LogP contribution in [0, 0.1) is 5.92 Å². The largest absolute Gasteiger partial charge is 0.309 e. The number of aromatic nitrogens is 1. The van der Waals surface area contributed by atoms with Crippen LogP contribution >= 0.6 is 11.6 Å². The number of nitrogens with zero attached hydrogens (tertiary/aromatic N) is 2. The van der Waals surface area contributed by atoms with Crippen LogP contribution in [0.2, 0.25) is 5.15 Å². The van der Waals surface area contributed by atoms with Crippen molar-refractivity contribution in [2.75, 3.05) is 12.4 Å².